The first-order valence-corrected chi connectivity index (χ1v) is 11.9. The minimum absolute atomic E-state index is 0.185. The lowest BCUT2D eigenvalue weighted by Crippen LogP contribution is -2.47. The van der Waals surface area contributed by atoms with Crippen molar-refractivity contribution in [2.75, 3.05) is 46.5 Å². The van der Waals surface area contributed by atoms with Gasteiger partial charge < -0.3 is 24.4 Å². The highest BCUT2D eigenvalue weighted by Crippen LogP contribution is 2.39. The van der Waals surface area contributed by atoms with Crippen molar-refractivity contribution < 1.29 is 19.0 Å². The van der Waals surface area contributed by atoms with Crippen LogP contribution >= 0.6 is 0 Å². The van der Waals surface area contributed by atoms with Crippen LogP contribution in [0.2, 0.25) is 0 Å². The van der Waals surface area contributed by atoms with Crippen molar-refractivity contribution in [2.45, 2.75) is 6.04 Å². The van der Waals surface area contributed by atoms with E-state index >= 15 is 0 Å². The molecule has 6 rings (SSSR count). The smallest absolute Gasteiger partial charge is 0.415 e. The summed E-state index contributed by atoms with van der Waals surface area (Å²) in [5.41, 5.74) is 4.05. The summed E-state index contributed by atoms with van der Waals surface area (Å²) in [7, 11) is 1.55. The highest BCUT2D eigenvalue weighted by Gasteiger charge is 2.26. The summed E-state index contributed by atoms with van der Waals surface area (Å²) in [5.74, 6) is 0.756. The molecule has 4 aromatic rings. The number of benzene rings is 2. The molecule has 10 heteroatoms. The molecule has 0 bridgehead atoms. The van der Waals surface area contributed by atoms with E-state index in [2.05, 4.69) is 15.3 Å². The number of nitrogens with one attached hydrogen (secondary N) is 1. The van der Waals surface area contributed by atoms with Crippen molar-refractivity contribution >= 4 is 17.0 Å². The number of aromatic nitrogens is 4. The van der Waals surface area contributed by atoms with Crippen LogP contribution in [0.5, 0.6) is 11.5 Å². The SMILES string of the molecule is COc1cc2ncnc(-c3cn(C4COC4)nc3-c3ccccc3)c2cc1OC(=O)N1CCNCC1. The number of carbonyl (C=O) groups excluding carboxylic acids is 1. The van der Waals surface area contributed by atoms with Gasteiger partial charge in [-0.25, -0.2) is 14.8 Å². The van der Waals surface area contributed by atoms with Crippen LogP contribution in [0.4, 0.5) is 4.79 Å². The Bertz CT molecular complexity index is 1400. The number of methoxy groups -OCH3 is 1. The molecule has 2 saturated heterocycles. The second-order valence-corrected chi connectivity index (χ2v) is 8.78. The zero-order chi connectivity index (χ0) is 24.5. The fourth-order valence-electron chi connectivity index (χ4n) is 4.46. The Hall–Kier alpha value is -4.02. The molecule has 10 nitrogen and oxygen atoms in total. The minimum atomic E-state index is -0.407. The fraction of sp³-hybridized carbons (Fsp3) is 0.308. The molecule has 184 valence electrons. The molecule has 1 amide bonds. The monoisotopic (exact) mass is 486 g/mol. The lowest BCUT2D eigenvalue weighted by molar-refractivity contribution is -0.0285. The normalized spacial score (nSPS) is 16.1. The van der Waals surface area contributed by atoms with Crippen molar-refractivity contribution in [2.24, 2.45) is 0 Å². The van der Waals surface area contributed by atoms with Gasteiger partial charge in [-0.15, -0.1) is 0 Å². The number of piperazine rings is 1. The van der Waals surface area contributed by atoms with Crippen LogP contribution in [0.1, 0.15) is 6.04 Å². The lowest BCUT2D eigenvalue weighted by atomic mass is 10.0. The standard InChI is InChI=1S/C26H26N6O4/c1-34-22-12-21-19(11-23(22)36-26(33)31-9-7-27-8-10-31)25(29-16-28-21)20-13-32(18-14-35-15-18)30-24(20)17-5-3-2-4-6-17/h2-6,11-13,16,18,27H,7-10,14-15H2,1H3. The van der Waals surface area contributed by atoms with E-state index in [1.807, 2.05) is 41.2 Å². The third-order valence-corrected chi connectivity index (χ3v) is 6.52. The predicted molar refractivity (Wildman–Crippen MR) is 133 cm³/mol. The van der Waals surface area contributed by atoms with E-state index in [1.165, 1.54) is 6.33 Å². The highest BCUT2D eigenvalue weighted by atomic mass is 16.6. The lowest BCUT2D eigenvalue weighted by Gasteiger charge is -2.26. The summed E-state index contributed by atoms with van der Waals surface area (Å²) in [5, 5.41) is 8.88. The van der Waals surface area contributed by atoms with E-state index < -0.39 is 6.09 Å². The van der Waals surface area contributed by atoms with Gasteiger partial charge in [0.1, 0.15) is 12.0 Å². The van der Waals surface area contributed by atoms with Crippen LogP contribution in [-0.2, 0) is 4.74 Å². The summed E-state index contributed by atoms with van der Waals surface area (Å²) < 4.78 is 18.7. The van der Waals surface area contributed by atoms with Crippen molar-refractivity contribution in [3.05, 3.63) is 55.0 Å². The van der Waals surface area contributed by atoms with Gasteiger partial charge in [0.15, 0.2) is 11.5 Å². The summed E-state index contributed by atoms with van der Waals surface area (Å²) in [6.45, 7) is 3.91. The van der Waals surface area contributed by atoms with Crippen molar-refractivity contribution in [1.29, 1.82) is 0 Å². The molecular weight excluding hydrogens is 460 g/mol. The molecular formula is C26H26N6O4. The van der Waals surface area contributed by atoms with Crippen LogP contribution in [0.3, 0.4) is 0 Å². The Labute approximate surface area is 207 Å². The van der Waals surface area contributed by atoms with Gasteiger partial charge in [0.2, 0.25) is 0 Å². The van der Waals surface area contributed by atoms with Gasteiger partial charge >= 0.3 is 6.09 Å². The van der Waals surface area contributed by atoms with E-state index in [9.17, 15) is 4.79 Å². The summed E-state index contributed by atoms with van der Waals surface area (Å²) in [4.78, 5) is 23.6. The Balaban J connectivity index is 1.46. The molecule has 2 aliphatic rings. The maximum Gasteiger partial charge on any atom is 0.415 e. The molecule has 0 aliphatic carbocycles. The Kier molecular flexibility index (Phi) is 5.96. The average molecular weight is 487 g/mol. The number of hydrogen-bond acceptors (Lipinski definition) is 8. The molecule has 2 aliphatic heterocycles. The number of carbonyl (C=O) groups is 1. The van der Waals surface area contributed by atoms with Gasteiger partial charge in [-0.05, 0) is 6.07 Å². The van der Waals surface area contributed by atoms with Gasteiger partial charge in [0.05, 0.1) is 37.6 Å². The second-order valence-electron chi connectivity index (χ2n) is 8.78. The molecule has 0 saturated carbocycles. The third kappa shape index (κ3) is 4.14. The second kappa shape index (κ2) is 9.56. The molecule has 36 heavy (non-hydrogen) atoms. The predicted octanol–water partition coefficient (Wildman–Crippen LogP) is 3.14. The Morgan fingerprint density at radius 2 is 1.86 bits per heavy atom. The Morgan fingerprint density at radius 3 is 2.58 bits per heavy atom. The number of fused-ring (bicyclic) bond motifs is 1. The first kappa shape index (κ1) is 22.4. The summed E-state index contributed by atoms with van der Waals surface area (Å²) in [6, 6.07) is 13.7. The van der Waals surface area contributed by atoms with E-state index in [1.54, 1.807) is 24.1 Å². The van der Waals surface area contributed by atoms with E-state index in [0.717, 1.165) is 35.3 Å². The summed E-state index contributed by atoms with van der Waals surface area (Å²) in [6.07, 6.45) is 3.13. The number of hydrogen-bond donors (Lipinski definition) is 1. The molecule has 4 heterocycles. The zero-order valence-electron chi connectivity index (χ0n) is 19.9. The number of ether oxygens (including phenoxy) is 3. The largest absolute Gasteiger partial charge is 0.493 e. The average Bonchev–Trinajstić information content (AvgIpc) is 3.32. The van der Waals surface area contributed by atoms with Crippen LogP contribution in [-0.4, -0.2) is 77.2 Å². The molecule has 2 aromatic heterocycles. The molecule has 0 unspecified atom stereocenters. The maximum atomic E-state index is 12.8. The van der Waals surface area contributed by atoms with Gasteiger partial charge in [-0.1, -0.05) is 30.3 Å². The molecule has 0 radical (unpaired) electrons. The minimum Gasteiger partial charge on any atom is -0.493 e. The summed E-state index contributed by atoms with van der Waals surface area (Å²) >= 11 is 0. The third-order valence-electron chi connectivity index (χ3n) is 6.52. The van der Waals surface area contributed by atoms with E-state index in [0.29, 0.717) is 49.0 Å². The van der Waals surface area contributed by atoms with Crippen LogP contribution in [0.15, 0.2) is 55.0 Å². The highest BCUT2D eigenvalue weighted by molar-refractivity contribution is 5.97. The van der Waals surface area contributed by atoms with Crippen LogP contribution < -0.4 is 14.8 Å². The Morgan fingerprint density at radius 1 is 1.06 bits per heavy atom. The van der Waals surface area contributed by atoms with Gasteiger partial charge in [0, 0.05) is 55.0 Å². The topological polar surface area (TPSA) is 104 Å². The molecule has 2 fully saturated rings. The fourth-order valence-corrected chi connectivity index (χ4v) is 4.46. The van der Waals surface area contributed by atoms with Crippen molar-refractivity contribution in [3.8, 4) is 34.0 Å². The van der Waals surface area contributed by atoms with Gasteiger partial charge in [-0.3, -0.25) is 4.68 Å². The zero-order valence-corrected chi connectivity index (χ0v) is 19.9. The number of rotatable bonds is 5. The quantitative estimate of drug-likeness (QED) is 0.459. The molecule has 0 spiro atoms. The number of nitrogens with zero attached hydrogens (tertiary/aromatic N) is 5. The van der Waals surface area contributed by atoms with Crippen molar-refractivity contribution in [3.63, 3.8) is 0 Å². The van der Waals surface area contributed by atoms with Gasteiger partial charge in [-0.2, -0.15) is 5.10 Å². The first-order chi connectivity index (χ1) is 17.7. The van der Waals surface area contributed by atoms with Gasteiger partial charge in [0.25, 0.3) is 0 Å². The first-order valence-electron chi connectivity index (χ1n) is 11.9. The van der Waals surface area contributed by atoms with Crippen LogP contribution in [0.25, 0.3) is 33.4 Å². The van der Waals surface area contributed by atoms with E-state index in [4.69, 9.17) is 19.3 Å². The molecule has 2 aromatic carbocycles. The van der Waals surface area contributed by atoms with E-state index in [-0.39, 0.29) is 6.04 Å². The van der Waals surface area contributed by atoms with Crippen molar-refractivity contribution in [1.82, 2.24) is 30.0 Å². The number of amides is 1. The maximum absolute atomic E-state index is 12.8. The molecule has 1 N–H and O–H groups in total. The van der Waals surface area contributed by atoms with Crippen LogP contribution in [0, 0.1) is 0 Å². The molecule has 0 atom stereocenters.